The Kier molecular flexibility index (Phi) is 4.62. The molecule has 3 atom stereocenters. The van der Waals surface area contributed by atoms with Gasteiger partial charge in [0.15, 0.2) is 0 Å². The van der Waals surface area contributed by atoms with Crippen molar-refractivity contribution in [3.63, 3.8) is 0 Å². The number of rotatable bonds is 1. The number of piperidine rings is 1. The number of fused-ring (bicyclic) bond motifs is 3. The number of amides is 1. The van der Waals surface area contributed by atoms with Crippen molar-refractivity contribution in [2.24, 2.45) is 0 Å². The first-order valence-electron chi connectivity index (χ1n) is 6.91. The number of quaternary nitrogens is 1. The molecule has 1 aromatic rings. The zero-order chi connectivity index (χ0) is 13.6. The fourth-order valence-electron chi connectivity index (χ4n) is 3.59. The van der Waals surface area contributed by atoms with Gasteiger partial charge in [-0.05, 0) is 18.6 Å². The minimum Gasteiger partial charge on any atom is -1.00 e. The van der Waals surface area contributed by atoms with Crippen LogP contribution >= 0.6 is 11.6 Å². The van der Waals surface area contributed by atoms with Crippen molar-refractivity contribution in [3.05, 3.63) is 29.3 Å². The van der Waals surface area contributed by atoms with E-state index in [1.165, 1.54) is 11.1 Å². The third-order valence-electron chi connectivity index (χ3n) is 4.46. The second-order valence-electron chi connectivity index (χ2n) is 5.83. The van der Waals surface area contributed by atoms with Crippen LogP contribution in [0.5, 0.6) is 0 Å². The number of carbonyl (C=O) groups excluding carboxylic acids is 1. The first-order chi connectivity index (χ1) is 9.11. The number of nitrogens with one attached hydrogen (secondary N) is 1. The van der Waals surface area contributed by atoms with Gasteiger partial charge in [-0.3, -0.25) is 4.79 Å². The molecule has 0 bridgehead atoms. The Labute approximate surface area is 131 Å². The van der Waals surface area contributed by atoms with Crippen molar-refractivity contribution in [2.75, 3.05) is 30.9 Å². The van der Waals surface area contributed by atoms with Gasteiger partial charge < -0.3 is 22.2 Å². The number of likely N-dealkylation sites (tertiary alicyclic amines) is 1. The fraction of sp³-hybridized carbons (Fsp3) is 0.533. The third kappa shape index (κ3) is 2.43. The number of alkyl halides is 1. The normalized spacial score (nSPS) is 27.6. The number of anilines is 1. The summed E-state index contributed by atoms with van der Waals surface area (Å²) >= 11 is 5.79. The van der Waals surface area contributed by atoms with E-state index in [1.54, 1.807) is 4.90 Å². The Morgan fingerprint density at radius 1 is 1.50 bits per heavy atom. The zero-order valence-electron chi connectivity index (χ0n) is 11.8. The number of benzene rings is 1. The van der Waals surface area contributed by atoms with Crippen LogP contribution in [0.15, 0.2) is 18.2 Å². The number of nitrogens with zero attached hydrogens (tertiary/aromatic N) is 1. The van der Waals surface area contributed by atoms with Crippen LogP contribution in [0.1, 0.15) is 23.5 Å². The quantitative estimate of drug-likeness (QED) is 0.593. The lowest BCUT2D eigenvalue weighted by Crippen LogP contribution is -3.11. The number of carbonyl (C=O) groups is 1. The summed E-state index contributed by atoms with van der Waals surface area (Å²) in [5, 5.41) is 0. The topological polar surface area (TPSA) is 24.8 Å². The van der Waals surface area contributed by atoms with Crippen molar-refractivity contribution in [2.45, 2.75) is 25.3 Å². The zero-order valence-corrected chi connectivity index (χ0v) is 13.3. The van der Waals surface area contributed by atoms with Gasteiger partial charge in [-0.15, -0.1) is 11.6 Å². The minimum atomic E-state index is 0. The molecule has 2 aliphatic heterocycles. The minimum absolute atomic E-state index is 0. The van der Waals surface area contributed by atoms with Crippen molar-refractivity contribution >= 4 is 23.2 Å². The maximum atomic E-state index is 12.2. The van der Waals surface area contributed by atoms with Crippen LogP contribution in [0.2, 0.25) is 0 Å². The van der Waals surface area contributed by atoms with Gasteiger partial charge >= 0.3 is 0 Å². The average Bonchev–Trinajstić information content (AvgIpc) is 2.71. The number of hydrogen-bond acceptors (Lipinski definition) is 1. The van der Waals surface area contributed by atoms with E-state index in [0.29, 0.717) is 12.0 Å². The molecule has 1 aromatic carbocycles. The molecule has 2 aliphatic rings. The summed E-state index contributed by atoms with van der Waals surface area (Å²) in [5.74, 6) is 0.578. The summed E-state index contributed by atoms with van der Waals surface area (Å²) in [6, 6.07) is 6.73. The lowest BCUT2D eigenvalue weighted by atomic mass is 9.89. The number of likely N-dealkylation sites (N-methyl/N-ethyl adjacent to an activating group) is 1. The third-order valence-corrected chi connectivity index (χ3v) is 4.69. The number of halogens is 2. The molecule has 3 rings (SSSR count). The molecule has 1 N–H and O–H groups in total. The highest BCUT2D eigenvalue weighted by Crippen LogP contribution is 2.43. The van der Waals surface area contributed by atoms with Crippen LogP contribution in [0.25, 0.3) is 0 Å². The molecule has 1 saturated heterocycles. The van der Waals surface area contributed by atoms with Gasteiger partial charge in [0, 0.05) is 12.1 Å². The number of hydrogen-bond donors (Lipinski definition) is 1. The summed E-state index contributed by atoms with van der Waals surface area (Å²) in [7, 11) is 2.23. The SMILES string of the molecule is Cc1ccc2c(c1)[C@@H]1C[NH+](C)CC[C@@H]1N2C(=O)CCl.[Cl-]. The van der Waals surface area contributed by atoms with E-state index in [9.17, 15) is 4.79 Å². The predicted octanol–water partition coefficient (Wildman–Crippen LogP) is -2.04. The molecule has 0 radical (unpaired) electrons. The lowest BCUT2D eigenvalue weighted by molar-refractivity contribution is -0.886. The molecule has 3 nitrogen and oxygen atoms in total. The molecular weight excluding hydrogens is 295 g/mol. The molecule has 20 heavy (non-hydrogen) atoms. The molecular formula is C15H20Cl2N2O. The van der Waals surface area contributed by atoms with E-state index in [-0.39, 0.29) is 24.2 Å². The summed E-state index contributed by atoms with van der Waals surface area (Å²) in [5.41, 5.74) is 3.68. The summed E-state index contributed by atoms with van der Waals surface area (Å²) in [6.45, 7) is 4.34. The van der Waals surface area contributed by atoms with Gasteiger partial charge in [0.25, 0.3) is 0 Å². The highest BCUT2D eigenvalue weighted by Gasteiger charge is 2.45. The Bertz CT molecular complexity index is 521. The maximum absolute atomic E-state index is 12.2. The second kappa shape index (κ2) is 5.92. The van der Waals surface area contributed by atoms with Gasteiger partial charge in [-0.2, -0.15) is 0 Å². The van der Waals surface area contributed by atoms with Crippen molar-refractivity contribution in [1.29, 1.82) is 0 Å². The smallest absolute Gasteiger partial charge is 0.242 e. The Morgan fingerprint density at radius 2 is 2.25 bits per heavy atom. The molecule has 5 heteroatoms. The van der Waals surface area contributed by atoms with Crippen molar-refractivity contribution < 1.29 is 22.1 Å². The van der Waals surface area contributed by atoms with Crippen LogP contribution in [0.4, 0.5) is 5.69 Å². The maximum Gasteiger partial charge on any atom is 0.242 e. The molecule has 1 fully saturated rings. The first-order valence-corrected chi connectivity index (χ1v) is 7.45. The number of aryl methyl sites for hydroxylation is 1. The summed E-state index contributed by atoms with van der Waals surface area (Å²) < 4.78 is 0. The van der Waals surface area contributed by atoms with Gasteiger partial charge in [0.05, 0.1) is 32.1 Å². The molecule has 0 aromatic heterocycles. The lowest BCUT2D eigenvalue weighted by Gasteiger charge is -2.34. The molecule has 1 unspecified atom stereocenters. The van der Waals surface area contributed by atoms with E-state index in [4.69, 9.17) is 11.6 Å². The monoisotopic (exact) mass is 314 g/mol. The van der Waals surface area contributed by atoms with E-state index in [0.717, 1.165) is 25.2 Å². The second-order valence-corrected chi connectivity index (χ2v) is 6.10. The molecule has 2 heterocycles. The van der Waals surface area contributed by atoms with Gasteiger partial charge in [-0.25, -0.2) is 0 Å². The standard InChI is InChI=1S/C15H19ClN2O.ClH/c1-10-3-4-13-11(7-10)12-9-17(2)6-5-14(12)18(13)15(19)8-16;/h3-4,7,12,14H,5-6,8-9H2,1-2H3;1H/t12-,14-;/m0./s1. The van der Waals surface area contributed by atoms with Crippen LogP contribution in [0, 0.1) is 6.92 Å². The van der Waals surface area contributed by atoms with E-state index in [1.807, 2.05) is 4.90 Å². The Morgan fingerprint density at radius 3 is 2.95 bits per heavy atom. The Hall–Kier alpha value is -0.770. The van der Waals surface area contributed by atoms with Gasteiger partial charge in [0.1, 0.15) is 5.88 Å². The summed E-state index contributed by atoms with van der Waals surface area (Å²) in [4.78, 5) is 15.7. The van der Waals surface area contributed by atoms with Gasteiger partial charge in [-0.1, -0.05) is 17.7 Å². The van der Waals surface area contributed by atoms with Crippen LogP contribution < -0.4 is 22.2 Å². The highest BCUT2D eigenvalue weighted by molar-refractivity contribution is 6.29. The van der Waals surface area contributed by atoms with Crippen molar-refractivity contribution in [1.82, 2.24) is 0 Å². The Balaban J connectivity index is 0.00000147. The first kappa shape index (κ1) is 15.6. The van der Waals surface area contributed by atoms with Crippen LogP contribution in [-0.2, 0) is 4.79 Å². The molecule has 0 aliphatic carbocycles. The summed E-state index contributed by atoms with van der Waals surface area (Å²) in [6.07, 6.45) is 1.06. The van der Waals surface area contributed by atoms with Crippen molar-refractivity contribution in [3.8, 4) is 0 Å². The highest BCUT2D eigenvalue weighted by atomic mass is 35.5. The fourth-order valence-corrected chi connectivity index (χ4v) is 3.72. The van der Waals surface area contributed by atoms with E-state index in [2.05, 4.69) is 32.2 Å². The molecule has 1 amide bonds. The van der Waals surface area contributed by atoms with E-state index >= 15 is 0 Å². The largest absolute Gasteiger partial charge is 1.00 e. The van der Waals surface area contributed by atoms with E-state index < -0.39 is 0 Å². The van der Waals surface area contributed by atoms with Gasteiger partial charge in [0.2, 0.25) is 5.91 Å². The molecule has 0 saturated carbocycles. The molecule has 110 valence electrons. The van der Waals surface area contributed by atoms with Crippen LogP contribution in [-0.4, -0.2) is 38.0 Å². The average molecular weight is 315 g/mol. The molecule has 0 spiro atoms. The predicted molar refractivity (Wildman–Crippen MR) is 77.2 cm³/mol. The van der Waals surface area contributed by atoms with Crippen LogP contribution in [0.3, 0.4) is 0 Å².